The predicted molar refractivity (Wildman–Crippen MR) is 90.4 cm³/mol. The van der Waals surface area contributed by atoms with Gasteiger partial charge < -0.3 is 5.32 Å². The van der Waals surface area contributed by atoms with E-state index in [1.165, 1.54) is 16.3 Å². The minimum atomic E-state index is 0.716. The van der Waals surface area contributed by atoms with E-state index in [2.05, 4.69) is 63.7 Å². The Hall–Kier alpha value is -1.51. The normalized spacial score (nSPS) is 10.7. The maximum absolute atomic E-state index is 6.09. The molecule has 3 heteroatoms. The van der Waals surface area contributed by atoms with Crippen molar-refractivity contribution in [2.75, 3.05) is 5.32 Å². The number of nitrogens with one attached hydrogen (secondary N) is 1. The molecule has 0 aliphatic carbocycles. The van der Waals surface area contributed by atoms with Crippen LogP contribution in [0, 0.1) is 0 Å². The number of anilines is 1. The molecule has 3 aromatic rings. The van der Waals surface area contributed by atoms with Crippen LogP contribution in [0.1, 0.15) is 5.56 Å². The van der Waals surface area contributed by atoms with Gasteiger partial charge in [-0.3, -0.25) is 0 Å². The van der Waals surface area contributed by atoms with Crippen LogP contribution in [0.2, 0.25) is 5.02 Å². The molecule has 3 aromatic carbocycles. The number of hydrogen-bond acceptors (Lipinski definition) is 1. The number of halogens is 2. The van der Waals surface area contributed by atoms with E-state index in [4.69, 9.17) is 11.6 Å². The first-order chi connectivity index (χ1) is 9.72. The number of benzene rings is 3. The molecular weight excluding hydrogens is 334 g/mol. The highest BCUT2D eigenvalue weighted by Gasteiger charge is 2.00. The molecule has 0 saturated carbocycles. The lowest BCUT2D eigenvalue weighted by Crippen LogP contribution is -1.99. The lowest BCUT2D eigenvalue weighted by Gasteiger charge is -2.08. The van der Waals surface area contributed by atoms with Gasteiger partial charge in [-0.25, -0.2) is 0 Å². The second kappa shape index (κ2) is 5.86. The second-order valence-corrected chi connectivity index (χ2v) is 5.93. The quantitative estimate of drug-likeness (QED) is 0.625. The summed E-state index contributed by atoms with van der Waals surface area (Å²) < 4.78 is 0.912. The molecule has 0 radical (unpaired) electrons. The Morgan fingerprint density at radius 3 is 2.50 bits per heavy atom. The van der Waals surface area contributed by atoms with Gasteiger partial charge in [-0.1, -0.05) is 48.0 Å². The smallest absolute Gasteiger partial charge is 0.0568 e. The molecule has 0 atom stereocenters. The topological polar surface area (TPSA) is 12.0 Å². The summed E-state index contributed by atoms with van der Waals surface area (Å²) in [4.78, 5) is 0. The zero-order valence-electron chi connectivity index (χ0n) is 10.7. The maximum Gasteiger partial charge on any atom is 0.0568 e. The summed E-state index contributed by atoms with van der Waals surface area (Å²) in [6, 6.07) is 20.8. The van der Waals surface area contributed by atoms with E-state index in [0.717, 1.165) is 16.7 Å². The average molecular weight is 347 g/mol. The Morgan fingerprint density at radius 2 is 1.70 bits per heavy atom. The third kappa shape index (κ3) is 2.97. The van der Waals surface area contributed by atoms with Crippen molar-refractivity contribution < 1.29 is 0 Å². The van der Waals surface area contributed by atoms with Crippen molar-refractivity contribution in [3.05, 3.63) is 75.7 Å². The molecular formula is C17H13BrClN. The first-order valence-corrected chi connectivity index (χ1v) is 7.56. The van der Waals surface area contributed by atoms with Gasteiger partial charge in [-0.15, -0.1) is 0 Å². The summed E-state index contributed by atoms with van der Waals surface area (Å²) in [5, 5.41) is 6.64. The van der Waals surface area contributed by atoms with Gasteiger partial charge in [-0.05, 0) is 56.5 Å². The summed E-state index contributed by atoms with van der Waals surface area (Å²) in [5.41, 5.74) is 2.27. The molecule has 1 N–H and O–H groups in total. The van der Waals surface area contributed by atoms with Crippen LogP contribution in [0.15, 0.2) is 65.1 Å². The zero-order valence-corrected chi connectivity index (χ0v) is 13.1. The summed E-state index contributed by atoms with van der Waals surface area (Å²) in [6.45, 7) is 0.781. The van der Waals surface area contributed by atoms with Crippen LogP contribution in [0.3, 0.4) is 0 Å². The Labute approximate surface area is 131 Å². The van der Waals surface area contributed by atoms with Crippen LogP contribution in [0.5, 0.6) is 0 Å². The van der Waals surface area contributed by atoms with Gasteiger partial charge in [0.25, 0.3) is 0 Å². The molecule has 0 aromatic heterocycles. The fourth-order valence-electron chi connectivity index (χ4n) is 2.16. The van der Waals surface area contributed by atoms with Crippen molar-refractivity contribution in [2.24, 2.45) is 0 Å². The van der Waals surface area contributed by atoms with Crippen molar-refractivity contribution in [1.82, 2.24) is 0 Å². The predicted octanol–water partition coefficient (Wildman–Crippen LogP) is 5.87. The van der Waals surface area contributed by atoms with Crippen LogP contribution < -0.4 is 5.32 Å². The van der Waals surface area contributed by atoms with Gasteiger partial charge in [0.15, 0.2) is 0 Å². The summed E-state index contributed by atoms with van der Waals surface area (Å²) in [5.74, 6) is 0. The molecule has 0 fully saturated rings. The molecule has 20 heavy (non-hydrogen) atoms. The maximum atomic E-state index is 6.09. The van der Waals surface area contributed by atoms with E-state index < -0.39 is 0 Å². The van der Waals surface area contributed by atoms with E-state index in [-0.39, 0.29) is 0 Å². The van der Waals surface area contributed by atoms with E-state index >= 15 is 0 Å². The second-order valence-electron chi connectivity index (χ2n) is 4.66. The highest BCUT2D eigenvalue weighted by Crippen LogP contribution is 2.26. The molecule has 0 bridgehead atoms. The van der Waals surface area contributed by atoms with Gasteiger partial charge in [0.05, 0.1) is 5.02 Å². The molecule has 0 spiro atoms. The van der Waals surface area contributed by atoms with Gasteiger partial charge in [0, 0.05) is 16.7 Å². The van der Waals surface area contributed by atoms with Gasteiger partial charge in [0.1, 0.15) is 0 Å². The summed E-state index contributed by atoms with van der Waals surface area (Å²) in [7, 11) is 0. The zero-order chi connectivity index (χ0) is 13.9. The van der Waals surface area contributed by atoms with Gasteiger partial charge in [-0.2, -0.15) is 0 Å². The van der Waals surface area contributed by atoms with Crippen LogP contribution in [-0.2, 0) is 6.54 Å². The van der Waals surface area contributed by atoms with Crippen molar-refractivity contribution in [1.29, 1.82) is 0 Å². The van der Waals surface area contributed by atoms with E-state index in [0.29, 0.717) is 5.02 Å². The lowest BCUT2D eigenvalue weighted by atomic mass is 10.1. The molecule has 3 rings (SSSR count). The SMILES string of the molecule is Clc1cc(NCc2ccc3ccccc3c2)ccc1Br. The van der Waals surface area contributed by atoms with Crippen LogP contribution in [0.4, 0.5) is 5.69 Å². The van der Waals surface area contributed by atoms with Crippen LogP contribution in [0.25, 0.3) is 10.8 Å². The number of hydrogen-bond donors (Lipinski definition) is 1. The Kier molecular flexibility index (Phi) is 3.95. The summed E-state index contributed by atoms with van der Waals surface area (Å²) >= 11 is 9.48. The minimum absolute atomic E-state index is 0.716. The Bertz CT molecular complexity index is 755. The Morgan fingerprint density at radius 1 is 0.900 bits per heavy atom. The van der Waals surface area contributed by atoms with Crippen molar-refractivity contribution in [3.63, 3.8) is 0 Å². The third-order valence-electron chi connectivity index (χ3n) is 3.23. The van der Waals surface area contributed by atoms with Crippen LogP contribution >= 0.6 is 27.5 Å². The standard InChI is InChI=1S/C17H13BrClN/c18-16-8-7-15(10-17(16)19)20-11-12-5-6-13-3-1-2-4-14(13)9-12/h1-10,20H,11H2. The highest BCUT2D eigenvalue weighted by atomic mass is 79.9. The third-order valence-corrected chi connectivity index (χ3v) is 4.46. The summed E-state index contributed by atoms with van der Waals surface area (Å²) in [6.07, 6.45) is 0. The molecule has 0 saturated heterocycles. The first kappa shape index (κ1) is 13.5. The largest absolute Gasteiger partial charge is 0.381 e. The van der Waals surface area contributed by atoms with Crippen molar-refractivity contribution in [3.8, 4) is 0 Å². The fourth-order valence-corrected chi connectivity index (χ4v) is 2.59. The number of fused-ring (bicyclic) bond motifs is 1. The highest BCUT2D eigenvalue weighted by molar-refractivity contribution is 9.10. The molecule has 0 aliphatic rings. The average Bonchev–Trinajstić information content (AvgIpc) is 2.48. The monoisotopic (exact) mass is 345 g/mol. The molecule has 100 valence electrons. The van der Waals surface area contributed by atoms with E-state index in [1.807, 2.05) is 18.2 Å². The molecule has 1 nitrogen and oxygen atoms in total. The molecule has 0 amide bonds. The van der Waals surface area contributed by atoms with Crippen LogP contribution in [-0.4, -0.2) is 0 Å². The molecule has 0 unspecified atom stereocenters. The van der Waals surface area contributed by atoms with Gasteiger partial charge >= 0.3 is 0 Å². The van der Waals surface area contributed by atoms with Crippen molar-refractivity contribution in [2.45, 2.75) is 6.54 Å². The van der Waals surface area contributed by atoms with Crippen molar-refractivity contribution >= 4 is 44.0 Å². The fraction of sp³-hybridized carbons (Fsp3) is 0.0588. The van der Waals surface area contributed by atoms with Gasteiger partial charge in [0.2, 0.25) is 0 Å². The first-order valence-electron chi connectivity index (χ1n) is 6.39. The molecule has 0 aliphatic heterocycles. The van der Waals surface area contributed by atoms with E-state index in [9.17, 15) is 0 Å². The van der Waals surface area contributed by atoms with E-state index in [1.54, 1.807) is 0 Å². The Balaban J connectivity index is 1.77. The number of rotatable bonds is 3. The lowest BCUT2D eigenvalue weighted by molar-refractivity contribution is 1.15. The minimum Gasteiger partial charge on any atom is -0.381 e. The molecule has 0 heterocycles.